The standard InChI is InChI=1S/C32H25N9O13S3/c33-53-56(48,49)20-8-4-7-19(14-20)35-30-37-31(39-32(45)38-30)36-24-15-21(57(50,51)54-34)11-18-13-25(52-55(46)47)27(28(42)26(18)24)41-40-23-10-9-17(12-22(23)29(43)44)16-5-2-1-3-6-16/h1-15,42H,33-34H2,(H,43,44)(H,46,47)(H3,35,36,37,38,39,45). The number of azo groups is 1. The lowest BCUT2D eigenvalue weighted by Gasteiger charge is -2.16. The highest BCUT2D eigenvalue weighted by Gasteiger charge is 2.25. The van der Waals surface area contributed by atoms with E-state index in [1.807, 2.05) is 0 Å². The molecule has 0 aliphatic carbocycles. The van der Waals surface area contributed by atoms with Crippen LogP contribution in [-0.2, 0) is 40.2 Å². The normalized spacial score (nSPS) is 12.4. The van der Waals surface area contributed by atoms with E-state index in [1.165, 1.54) is 30.3 Å². The number of benzene rings is 5. The van der Waals surface area contributed by atoms with Gasteiger partial charge in [-0.2, -0.15) is 56.4 Å². The molecule has 0 aliphatic rings. The minimum absolute atomic E-state index is 0.0746. The Morgan fingerprint density at radius 1 is 0.754 bits per heavy atom. The number of hydrogen-bond acceptors (Lipinski definition) is 20. The van der Waals surface area contributed by atoms with E-state index in [9.17, 15) is 45.7 Å². The second-order valence-corrected chi connectivity index (χ2v) is 15.0. The molecule has 6 aromatic rings. The number of aromatic hydroxyl groups is 2. The summed E-state index contributed by atoms with van der Waals surface area (Å²) in [5.74, 6) is 6.15. The highest BCUT2D eigenvalue weighted by molar-refractivity contribution is 7.87. The third-order valence-electron chi connectivity index (χ3n) is 7.67. The van der Waals surface area contributed by atoms with Crippen molar-refractivity contribution in [2.45, 2.75) is 9.79 Å². The highest BCUT2D eigenvalue weighted by atomic mass is 32.2. The molecule has 1 atom stereocenters. The van der Waals surface area contributed by atoms with Crippen molar-refractivity contribution in [2.75, 3.05) is 10.6 Å². The van der Waals surface area contributed by atoms with Crippen molar-refractivity contribution in [2.24, 2.45) is 22.0 Å². The molecule has 0 spiro atoms. The average molecular weight is 840 g/mol. The molecule has 0 aliphatic heterocycles. The number of aromatic nitrogens is 3. The van der Waals surface area contributed by atoms with Gasteiger partial charge < -0.3 is 30.1 Å². The van der Waals surface area contributed by atoms with E-state index < -0.39 is 71.6 Å². The van der Waals surface area contributed by atoms with E-state index in [1.54, 1.807) is 36.4 Å². The van der Waals surface area contributed by atoms with Gasteiger partial charge in [-0.3, -0.25) is 4.55 Å². The first-order valence-electron chi connectivity index (χ1n) is 15.4. The van der Waals surface area contributed by atoms with Gasteiger partial charge in [0, 0.05) is 11.1 Å². The summed E-state index contributed by atoms with van der Waals surface area (Å²) in [6.07, 6.45) is 0. The Labute approximate surface area is 323 Å². The Morgan fingerprint density at radius 2 is 1.44 bits per heavy atom. The number of anilines is 4. The number of nitrogens with zero attached hydrogens (tertiary/aromatic N) is 5. The minimum Gasteiger partial charge on any atom is -0.505 e. The van der Waals surface area contributed by atoms with Crippen molar-refractivity contribution in [1.29, 1.82) is 0 Å². The van der Waals surface area contributed by atoms with Gasteiger partial charge >= 0.3 is 43.6 Å². The van der Waals surface area contributed by atoms with Crippen molar-refractivity contribution < 1.29 is 58.5 Å². The summed E-state index contributed by atoms with van der Waals surface area (Å²) in [5.41, 5.74) is -0.144. The summed E-state index contributed by atoms with van der Waals surface area (Å²) < 4.78 is 84.3. The van der Waals surface area contributed by atoms with Gasteiger partial charge in [-0.15, -0.1) is 10.2 Å². The van der Waals surface area contributed by atoms with Gasteiger partial charge in [0.1, 0.15) is 5.69 Å². The number of nitrogens with two attached hydrogens (primary N) is 2. The van der Waals surface area contributed by atoms with Crippen LogP contribution in [0.1, 0.15) is 10.4 Å². The SMILES string of the molecule is NOS(=O)(=O)c1cccc(Nc2nc(O)nc(Nc3cc(S(=O)(=O)ON)cc4cc(OS(=O)O)c(N=Nc5ccc(-c6ccccc6)cc5C(=O)O)c(O)c34)n2)c1. The zero-order valence-corrected chi connectivity index (χ0v) is 30.7. The zero-order valence-electron chi connectivity index (χ0n) is 28.2. The predicted octanol–water partition coefficient (Wildman–Crippen LogP) is 4.38. The van der Waals surface area contributed by atoms with E-state index in [0.717, 1.165) is 24.3 Å². The molecule has 0 amide bonds. The van der Waals surface area contributed by atoms with Crippen LogP contribution in [0, 0.1) is 0 Å². The van der Waals surface area contributed by atoms with Crippen LogP contribution in [0.15, 0.2) is 111 Å². The lowest BCUT2D eigenvalue weighted by Crippen LogP contribution is -2.12. The van der Waals surface area contributed by atoms with E-state index in [4.69, 9.17) is 16.0 Å². The van der Waals surface area contributed by atoms with Crippen LogP contribution in [0.4, 0.5) is 34.6 Å². The van der Waals surface area contributed by atoms with Crippen molar-refractivity contribution in [3.8, 4) is 28.6 Å². The fraction of sp³-hybridized carbons (Fsp3) is 0. The number of hydrogen-bond donors (Lipinski definition) is 8. The van der Waals surface area contributed by atoms with E-state index in [0.29, 0.717) is 11.1 Å². The van der Waals surface area contributed by atoms with Gasteiger partial charge in [0.25, 0.3) is 0 Å². The number of carboxylic acid groups (broad SMARTS) is 1. The van der Waals surface area contributed by atoms with Gasteiger partial charge in [0.15, 0.2) is 17.2 Å². The van der Waals surface area contributed by atoms with Crippen LogP contribution < -0.4 is 26.6 Å². The maximum atomic E-state index is 12.8. The number of phenolic OH excluding ortho intramolecular Hbond substituents is 1. The number of fused-ring (bicyclic) bond motifs is 1. The third kappa shape index (κ3) is 8.90. The first-order valence-corrected chi connectivity index (χ1v) is 19.3. The molecule has 1 heterocycles. The fourth-order valence-electron chi connectivity index (χ4n) is 5.21. The Bertz CT molecular complexity index is 2830. The van der Waals surface area contributed by atoms with Crippen LogP contribution in [0.5, 0.6) is 17.5 Å². The molecule has 1 unspecified atom stereocenters. The van der Waals surface area contributed by atoms with Gasteiger partial charge in [0.05, 0.1) is 21.0 Å². The number of carbonyl (C=O) groups is 1. The topological polar surface area (TPSA) is 351 Å². The second-order valence-electron chi connectivity index (χ2n) is 11.2. The van der Waals surface area contributed by atoms with Crippen molar-refractivity contribution in [3.63, 3.8) is 0 Å². The maximum Gasteiger partial charge on any atom is 0.357 e. The lowest BCUT2D eigenvalue weighted by molar-refractivity contribution is 0.0697. The predicted molar refractivity (Wildman–Crippen MR) is 199 cm³/mol. The molecule has 25 heteroatoms. The summed E-state index contributed by atoms with van der Waals surface area (Å²) in [4.78, 5) is 22.9. The summed E-state index contributed by atoms with van der Waals surface area (Å²) >= 11 is -3.05. The summed E-state index contributed by atoms with van der Waals surface area (Å²) in [5, 5.41) is 44.7. The second kappa shape index (κ2) is 16.2. The number of carboxylic acids is 1. The molecule has 22 nitrogen and oxygen atoms in total. The molecule has 6 rings (SSSR count). The minimum atomic E-state index is -4.70. The zero-order chi connectivity index (χ0) is 41.1. The molecule has 294 valence electrons. The molecule has 0 fully saturated rings. The summed E-state index contributed by atoms with van der Waals surface area (Å²) in [7, 11) is -9.01. The fourth-order valence-corrected chi connectivity index (χ4v) is 6.77. The van der Waals surface area contributed by atoms with Crippen LogP contribution >= 0.6 is 0 Å². The molecule has 10 N–H and O–H groups in total. The number of rotatable bonds is 14. The molecule has 5 aromatic carbocycles. The Hall–Kier alpha value is -6.71. The number of nitrogens with one attached hydrogen (secondary N) is 2. The smallest absolute Gasteiger partial charge is 0.357 e. The largest absolute Gasteiger partial charge is 0.505 e. The molecule has 0 radical (unpaired) electrons. The monoisotopic (exact) mass is 839 g/mol. The Morgan fingerprint density at radius 3 is 2.11 bits per heavy atom. The molecule has 57 heavy (non-hydrogen) atoms. The molecular formula is C32H25N9O13S3. The first kappa shape index (κ1) is 40.0. The van der Waals surface area contributed by atoms with Crippen LogP contribution in [0.2, 0.25) is 0 Å². The van der Waals surface area contributed by atoms with Crippen LogP contribution in [0.3, 0.4) is 0 Å². The average Bonchev–Trinajstić information content (AvgIpc) is 3.17. The highest BCUT2D eigenvalue weighted by Crippen LogP contribution is 2.48. The van der Waals surface area contributed by atoms with Crippen LogP contribution in [0.25, 0.3) is 21.9 Å². The summed E-state index contributed by atoms with van der Waals surface area (Å²) in [6.45, 7) is 0. The van der Waals surface area contributed by atoms with Crippen molar-refractivity contribution >= 4 is 83.0 Å². The van der Waals surface area contributed by atoms with Gasteiger partial charge in [-0.25, -0.2) is 4.79 Å². The van der Waals surface area contributed by atoms with E-state index >= 15 is 0 Å². The van der Waals surface area contributed by atoms with Gasteiger partial charge in [0.2, 0.25) is 11.9 Å². The quantitative estimate of drug-likeness (QED) is 0.0428. The van der Waals surface area contributed by atoms with Crippen molar-refractivity contribution in [1.82, 2.24) is 15.0 Å². The van der Waals surface area contributed by atoms with E-state index in [-0.39, 0.29) is 44.2 Å². The molecule has 1 aromatic heterocycles. The molecular weight excluding hydrogens is 815 g/mol. The van der Waals surface area contributed by atoms with Gasteiger partial charge in [-0.1, -0.05) is 42.5 Å². The lowest BCUT2D eigenvalue weighted by atomic mass is 10.0. The number of phenols is 1. The maximum absolute atomic E-state index is 12.8. The third-order valence-corrected chi connectivity index (χ3v) is 10.1. The van der Waals surface area contributed by atoms with Crippen LogP contribution in [-0.4, -0.2) is 61.8 Å². The van der Waals surface area contributed by atoms with Crippen molar-refractivity contribution in [3.05, 3.63) is 96.6 Å². The molecule has 0 saturated carbocycles. The van der Waals surface area contributed by atoms with E-state index in [2.05, 4.69) is 44.4 Å². The number of aromatic carboxylic acids is 1. The first-order chi connectivity index (χ1) is 27.1. The van der Waals surface area contributed by atoms with Gasteiger partial charge in [-0.05, 0) is 65.0 Å². The molecule has 0 bridgehead atoms. The Balaban J connectivity index is 1.48. The Kier molecular flexibility index (Phi) is 11.3. The summed E-state index contributed by atoms with van der Waals surface area (Å²) in [6, 6.07) is 20.1. The molecule has 0 saturated heterocycles.